The maximum Gasteiger partial charge on any atom is 0.306 e. The summed E-state index contributed by atoms with van der Waals surface area (Å²) >= 11 is 0. The first-order valence-electron chi connectivity index (χ1n) is 4.78. The smallest absolute Gasteiger partial charge is 0.306 e. The lowest BCUT2D eigenvalue weighted by atomic mass is 10.2. The molecule has 0 bridgehead atoms. The molecule has 17 heavy (non-hydrogen) atoms. The van der Waals surface area contributed by atoms with Crippen LogP contribution in [-0.2, 0) is 4.79 Å². The first-order valence-corrected chi connectivity index (χ1v) is 4.78. The van der Waals surface area contributed by atoms with E-state index in [-0.39, 0.29) is 18.1 Å². The van der Waals surface area contributed by atoms with Crippen molar-refractivity contribution in [2.24, 2.45) is 0 Å². The van der Waals surface area contributed by atoms with E-state index in [0.29, 0.717) is 0 Å². The molecule has 0 saturated heterocycles. The Morgan fingerprint density at radius 3 is 2.71 bits per heavy atom. The number of rotatable bonds is 4. The summed E-state index contributed by atoms with van der Waals surface area (Å²) in [6, 6.07) is 3.21. The van der Waals surface area contributed by atoms with E-state index in [1.807, 2.05) is 0 Å². The van der Waals surface area contributed by atoms with Crippen molar-refractivity contribution >= 4 is 17.3 Å². The van der Waals surface area contributed by atoms with Gasteiger partial charge in [0.2, 0.25) is 11.7 Å². The van der Waals surface area contributed by atoms with Gasteiger partial charge in [0.15, 0.2) is 0 Å². The van der Waals surface area contributed by atoms with Gasteiger partial charge in [0.05, 0.1) is 11.5 Å². The molecule has 7 heteroatoms. The van der Waals surface area contributed by atoms with Gasteiger partial charge in [-0.15, -0.1) is 0 Å². The third kappa shape index (κ3) is 3.80. The molecular weight excluding hydrogens is 229 g/mol. The van der Waals surface area contributed by atoms with Gasteiger partial charge in [-0.05, 0) is 26.2 Å². The average molecular weight is 241 g/mol. The van der Waals surface area contributed by atoms with Crippen LogP contribution in [0.2, 0.25) is 0 Å². The van der Waals surface area contributed by atoms with Crippen LogP contribution in [0.3, 0.4) is 0 Å². The lowest BCUT2D eigenvalue weighted by molar-refractivity contribution is -0.387. The van der Waals surface area contributed by atoms with Gasteiger partial charge in [-0.1, -0.05) is 0 Å². The monoisotopic (exact) mass is 241 g/mol. The molecule has 1 aromatic rings. The lowest BCUT2D eigenvalue weighted by Gasteiger charge is -2.09. The van der Waals surface area contributed by atoms with Crippen molar-refractivity contribution in [3.05, 3.63) is 34.1 Å². The molecule has 0 aliphatic heterocycles. The zero-order valence-corrected chi connectivity index (χ0v) is 9.44. The summed E-state index contributed by atoms with van der Waals surface area (Å²) in [6.07, 6.45) is 0. The Hall–Kier alpha value is -2.02. The molecular formula is C10H12FN3O3. The number of likely N-dealkylation sites (N-methyl/N-ethyl adjacent to an activating group) is 1. The van der Waals surface area contributed by atoms with Gasteiger partial charge >= 0.3 is 5.69 Å². The first kappa shape index (κ1) is 13.0. The van der Waals surface area contributed by atoms with Gasteiger partial charge in [0.1, 0.15) is 0 Å². The SMILES string of the molecule is CN(C)CC(=O)Nc1ccc(F)c([N+](=O)[O-])c1. The molecule has 1 rings (SSSR count). The molecule has 0 atom stereocenters. The molecule has 1 amide bonds. The third-order valence-electron chi connectivity index (χ3n) is 1.89. The van der Waals surface area contributed by atoms with E-state index in [4.69, 9.17) is 0 Å². The molecule has 92 valence electrons. The summed E-state index contributed by atoms with van der Waals surface area (Å²) in [5.74, 6) is -1.25. The fourth-order valence-electron chi connectivity index (χ4n) is 1.22. The first-order chi connectivity index (χ1) is 7.90. The van der Waals surface area contributed by atoms with Crippen molar-refractivity contribution < 1.29 is 14.1 Å². The number of nitro benzene ring substituents is 1. The van der Waals surface area contributed by atoms with Crippen molar-refractivity contribution in [3.8, 4) is 0 Å². The quantitative estimate of drug-likeness (QED) is 0.635. The minimum atomic E-state index is -0.930. The van der Waals surface area contributed by atoms with Crippen molar-refractivity contribution in [2.45, 2.75) is 0 Å². The highest BCUT2D eigenvalue weighted by molar-refractivity contribution is 5.92. The number of anilines is 1. The minimum absolute atomic E-state index is 0.144. The van der Waals surface area contributed by atoms with E-state index < -0.39 is 16.4 Å². The van der Waals surface area contributed by atoms with Crippen molar-refractivity contribution in [2.75, 3.05) is 26.0 Å². The van der Waals surface area contributed by atoms with Gasteiger partial charge < -0.3 is 10.2 Å². The van der Waals surface area contributed by atoms with Crippen LogP contribution in [-0.4, -0.2) is 36.4 Å². The number of nitro groups is 1. The third-order valence-corrected chi connectivity index (χ3v) is 1.89. The Kier molecular flexibility index (Phi) is 4.11. The van der Waals surface area contributed by atoms with Gasteiger partial charge in [0, 0.05) is 11.8 Å². The predicted octanol–water partition coefficient (Wildman–Crippen LogP) is 1.23. The second-order valence-corrected chi connectivity index (χ2v) is 3.71. The Morgan fingerprint density at radius 1 is 1.53 bits per heavy atom. The molecule has 1 N–H and O–H groups in total. The average Bonchev–Trinajstić information content (AvgIpc) is 2.19. The Balaban J connectivity index is 2.82. The van der Waals surface area contributed by atoms with Crippen molar-refractivity contribution in [1.29, 1.82) is 0 Å². The maximum absolute atomic E-state index is 13.0. The van der Waals surface area contributed by atoms with Crippen LogP contribution in [0, 0.1) is 15.9 Å². The summed E-state index contributed by atoms with van der Waals surface area (Å²) in [4.78, 5) is 22.7. The number of hydrogen-bond donors (Lipinski definition) is 1. The summed E-state index contributed by atoms with van der Waals surface area (Å²) in [6.45, 7) is 0.144. The zero-order valence-electron chi connectivity index (χ0n) is 9.44. The maximum atomic E-state index is 13.0. The number of nitrogens with zero attached hydrogens (tertiary/aromatic N) is 2. The van der Waals surface area contributed by atoms with E-state index in [9.17, 15) is 19.3 Å². The number of nitrogens with one attached hydrogen (secondary N) is 1. The number of amides is 1. The van der Waals surface area contributed by atoms with Crippen LogP contribution in [0.5, 0.6) is 0 Å². The molecule has 6 nitrogen and oxygen atoms in total. The fraction of sp³-hybridized carbons (Fsp3) is 0.300. The van der Waals surface area contributed by atoms with Crippen molar-refractivity contribution in [3.63, 3.8) is 0 Å². The lowest BCUT2D eigenvalue weighted by Crippen LogP contribution is -2.27. The van der Waals surface area contributed by atoms with E-state index in [0.717, 1.165) is 12.1 Å². The number of hydrogen-bond acceptors (Lipinski definition) is 4. The van der Waals surface area contributed by atoms with Gasteiger partial charge in [-0.25, -0.2) is 0 Å². The Morgan fingerprint density at radius 2 is 2.18 bits per heavy atom. The number of benzene rings is 1. The van der Waals surface area contributed by atoms with Crippen LogP contribution in [0.25, 0.3) is 0 Å². The number of carbonyl (C=O) groups is 1. The molecule has 0 unspecified atom stereocenters. The predicted molar refractivity (Wildman–Crippen MR) is 60.2 cm³/mol. The Bertz CT molecular complexity index is 448. The van der Waals surface area contributed by atoms with E-state index >= 15 is 0 Å². The molecule has 0 aromatic heterocycles. The number of halogens is 1. The number of carbonyl (C=O) groups excluding carboxylic acids is 1. The summed E-state index contributed by atoms with van der Waals surface area (Å²) < 4.78 is 13.0. The van der Waals surface area contributed by atoms with Crippen molar-refractivity contribution in [1.82, 2.24) is 4.90 Å². The second kappa shape index (κ2) is 5.35. The van der Waals surface area contributed by atoms with Crippen LogP contribution in [0.15, 0.2) is 18.2 Å². The summed E-state index contributed by atoms with van der Waals surface area (Å²) in [5, 5.41) is 12.9. The van der Waals surface area contributed by atoms with Gasteiger partial charge in [-0.3, -0.25) is 14.9 Å². The highest BCUT2D eigenvalue weighted by Crippen LogP contribution is 2.21. The molecule has 0 aliphatic carbocycles. The van der Waals surface area contributed by atoms with E-state index in [1.165, 1.54) is 6.07 Å². The molecule has 0 fully saturated rings. The second-order valence-electron chi connectivity index (χ2n) is 3.71. The fourth-order valence-corrected chi connectivity index (χ4v) is 1.22. The minimum Gasteiger partial charge on any atom is -0.325 e. The van der Waals surface area contributed by atoms with Crippen LogP contribution in [0.4, 0.5) is 15.8 Å². The highest BCUT2D eigenvalue weighted by Gasteiger charge is 2.15. The molecule has 0 radical (unpaired) electrons. The molecule has 1 aromatic carbocycles. The van der Waals surface area contributed by atoms with E-state index in [1.54, 1.807) is 19.0 Å². The largest absolute Gasteiger partial charge is 0.325 e. The summed E-state index contributed by atoms with van der Waals surface area (Å²) in [7, 11) is 3.43. The normalized spacial score (nSPS) is 10.4. The van der Waals surface area contributed by atoms with Crippen LogP contribution >= 0.6 is 0 Å². The molecule has 0 aliphatic rings. The summed E-state index contributed by atoms with van der Waals surface area (Å²) in [5.41, 5.74) is -0.461. The van der Waals surface area contributed by atoms with E-state index in [2.05, 4.69) is 5.32 Å². The topological polar surface area (TPSA) is 75.5 Å². The molecule has 0 heterocycles. The molecule has 0 saturated carbocycles. The van der Waals surface area contributed by atoms with Gasteiger partial charge in [0.25, 0.3) is 0 Å². The zero-order chi connectivity index (χ0) is 13.0. The standard InChI is InChI=1S/C10H12FN3O3/c1-13(2)6-10(15)12-7-3-4-8(11)9(5-7)14(16)17/h3-5H,6H2,1-2H3,(H,12,15). The Labute approximate surface area is 97.2 Å². The highest BCUT2D eigenvalue weighted by atomic mass is 19.1. The molecule has 0 spiro atoms. The van der Waals surface area contributed by atoms with Crippen LogP contribution < -0.4 is 5.32 Å². The van der Waals surface area contributed by atoms with Gasteiger partial charge in [-0.2, -0.15) is 4.39 Å². The van der Waals surface area contributed by atoms with Crippen LogP contribution in [0.1, 0.15) is 0 Å².